The van der Waals surface area contributed by atoms with Crippen molar-refractivity contribution in [3.63, 3.8) is 0 Å². The number of ether oxygens (including phenoxy) is 2. The first-order valence-electron chi connectivity index (χ1n) is 10.7. The molecule has 0 aliphatic rings. The minimum absolute atomic E-state index is 0.00764. The molecule has 1 heterocycles. The van der Waals surface area contributed by atoms with E-state index in [0.29, 0.717) is 16.9 Å². The molecule has 4 aromatic rings. The van der Waals surface area contributed by atoms with Crippen LogP contribution in [0.15, 0.2) is 72.8 Å². The molecule has 0 saturated heterocycles. The van der Waals surface area contributed by atoms with Crippen LogP contribution in [0.1, 0.15) is 27.8 Å². The largest absolute Gasteiger partial charge is 0.494 e. The summed E-state index contributed by atoms with van der Waals surface area (Å²) in [5.41, 5.74) is 1.62. The van der Waals surface area contributed by atoms with Gasteiger partial charge in [0.1, 0.15) is 11.5 Å². The summed E-state index contributed by atoms with van der Waals surface area (Å²) in [7, 11) is 1.34. The van der Waals surface area contributed by atoms with Crippen molar-refractivity contribution in [3.8, 4) is 22.7 Å². The Morgan fingerprint density at radius 2 is 1.77 bits per heavy atom. The molecular weight excluding hydrogens is 456 g/mol. The average Bonchev–Trinajstić information content (AvgIpc) is 3.30. The Labute approximate surface area is 199 Å². The predicted molar refractivity (Wildman–Crippen MR) is 126 cm³/mol. The number of hydrogen-bond acceptors (Lipinski definition) is 5. The van der Waals surface area contributed by atoms with Gasteiger partial charge in [-0.1, -0.05) is 24.3 Å². The highest BCUT2D eigenvalue weighted by Gasteiger charge is 2.20. The van der Waals surface area contributed by atoms with Crippen LogP contribution in [-0.2, 0) is 4.74 Å². The normalized spacial score (nSPS) is 10.6. The van der Waals surface area contributed by atoms with Crippen molar-refractivity contribution in [1.29, 1.82) is 0 Å². The molecule has 0 aliphatic heterocycles. The fourth-order valence-corrected chi connectivity index (χ4v) is 3.47. The summed E-state index contributed by atoms with van der Waals surface area (Å²) in [6, 6.07) is 18.1. The molecule has 1 aromatic heterocycles. The molecule has 7 nitrogen and oxygen atoms in total. The number of nitrogens with one attached hydrogen (secondary N) is 1. The van der Waals surface area contributed by atoms with E-state index in [0.717, 1.165) is 6.07 Å². The van der Waals surface area contributed by atoms with Gasteiger partial charge >= 0.3 is 5.97 Å². The van der Waals surface area contributed by atoms with Crippen LogP contribution in [-0.4, -0.2) is 35.4 Å². The highest BCUT2D eigenvalue weighted by molar-refractivity contribution is 6.04. The molecule has 0 atom stereocenters. The Kier molecular flexibility index (Phi) is 6.86. The molecule has 0 bridgehead atoms. The van der Waals surface area contributed by atoms with Gasteiger partial charge in [-0.15, -0.1) is 0 Å². The number of para-hydroxylation sites is 1. The highest BCUT2D eigenvalue weighted by atomic mass is 19.1. The summed E-state index contributed by atoms with van der Waals surface area (Å²) < 4.78 is 39.8. The van der Waals surface area contributed by atoms with Gasteiger partial charge in [0.2, 0.25) is 0 Å². The number of hydrogen-bond donors (Lipinski definition) is 1. The second-order valence-corrected chi connectivity index (χ2v) is 7.38. The summed E-state index contributed by atoms with van der Waals surface area (Å²) in [6.07, 6.45) is 0. The number of nitrogens with zero attached hydrogens (tertiary/aromatic N) is 2. The van der Waals surface area contributed by atoms with Crippen molar-refractivity contribution in [2.45, 2.75) is 6.92 Å². The average molecular weight is 477 g/mol. The molecule has 9 heteroatoms. The number of carbonyl (C=O) groups is 2. The van der Waals surface area contributed by atoms with Gasteiger partial charge < -0.3 is 14.8 Å². The lowest BCUT2D eigenvalue weighted by Gasteiger charge is -2.11. The molecule has 35 heavy (non-hydrogen) atoms. The molecule has 1 amide bonds. The van der Waals surface area contributed by atoms with Gasteiger partial charge in [-0.25, -0.2) is 18.3 Å². The maximum atomic E-state index is 14.6. The van der Waals surface area contributed by atoms with Gasteiger partial charge in [0.15, 0.2) is 17.3 Å². The smallest absolute Gasteiger partial charge is 0.358 e. The van der Waals surface area contributed by atoms with E-state index in [2.05, 4.69) is 10.4 Å². The van der Waals surface area contributed by atoms with E-state index in [9.17, 15) is 18.4 Å². The van der Waals surface area contributed by atoms with E-state index < -0.39 is 23.5 Å². The van der Waals surface area contributed by atoms with E-state index in [1.807, 2.05) is 0 Å². The molecule has 178 valence electrons. The number of halogens is 2. The van der Waals surface area contributed by atoms with Gasteiger partial charge in [0, 0.05) is 16.8 Å². The van der Waals surface area contributed by atoms with E-state index >= 15 is 0 Å². The van der Waals surface area contributed by atoms with Crippen LogP contribution in [0, 0.1) is 11.6 Å². The van der Waals surface area contributed by atoms with Gasteiger partial charge in [-0.3, -0.25) is 4.79 Å². The van der Waals surface area contributed by atoms with Gasteiger partial charge in [0.05, 0.1) is 19.4 Å². The van der Waals surface area contributed by atoms with Gasteiger partial charge in [0.25, 0.3) is 5.91 Å². The van der Waals surface area contributed by atoms with Crippen molar-refractivity contribution in [2.24, 2.45) is 0 Å². The van der Waals surface area contributed by atoms with Crippen molar-refractivity contribution in [2.75, 3.05) is 19.0 Å². The highest BCUT2D eigenvalue weighted by Crippen LogP contribution is 2.28. The molecule has 0 spiro atoms. The third kappa shape index (κ3) is 5.03. The first-order valence-corrected chi connectivity index (χ1v) is 10.7. The minimum atomic E-state index is -0.658. The number of benzene rings is 3. The van der Waals surface area contributed by atoms with E-state index in [1.54, 1.807) is 43.3 Å². The second kappa shape index (κ2) is 10.2. The van der Waals surface area contributed by atoms with Crippen molar-refractivity contribution in [3.05, 3.63) is 95.7 Å². The molecule has 0 aliphatic carbocycles. The Hall–Kier alpha value is -4.53. The van der Waals surface area contributed by atoms with Crippen LogP contribution in [0.3, 0.4) is 0 Å². The summed E-state index contributed by atoms with van der Waals surface area (Å²) in [5, 5.41) is 6.97. The van der Waals surface area contributed by atoms with Gasteiger partial charge in [-0.05, 0) is 55.5 Å². The molecule has 0 unspecified atom stereocenters. The Morgan fingerprint density at radius 1 is 0.971 bits per heavy atom. The van der Waals surface area contributed by atoms with Crippen LogP contribution in [0.5, 0.6) is 5.75 Å². The van der Waals surface area contributed by atoms with Crippen LogP contribution < -0.4 is 10.1 Å². The Balaban J connectivity index is 1.70. The first kappa shape index (κ1) is 23.6. The lowest BCUT2D eigenvalue weighted by atomic mass is 10.1. The molecule has 4 rings (SSSR count). The molecule has 1 N–H and O–H groups in total. The second-order valence-electron chi connectivity index (χ2n) is 7.38. The quantitative estimate of drug-likeness (QED) is 0.368. The third-order valence-corrected chi connectivity index (χ3v) is 5.10. The van der Waals surface area contributed by atoms with Crippen molar-refractivity contribution < 1.29 is 27.8 Å². The number of methoxy groups -OCH3 is 1. The standard InChI is InChI=1S/C26H21F2N3O4/c1-3-35-26(33)21-15-23(31(30-21)22-10-5-4-9-19(22)27)16-7-6-8-18(13-16)29-25(32)17-11-12-24(34-2)20(28)14-17/h4-15H,3H2,1-2H3,(H,29,32). The van der Waals surface area contributed by atoms with Crippen LogP contribution in [0.4, 0.5) is 14.5 Å². The van der Waals surface area contributed by atoms with Crippen LogP contribution in [0.25, 0.3) is 16.9 Å². The topological polar surface area (TPSA) is 82.5 Å². The number of carbonyl (C=O) groups excluding carboxylic acids is 2. The third-order valence-electron chi connectivity index (χ3n) is 5.10. The van der Waals surface area contributed by atoms with Crippen LogP contribution in [0.2, 0.25) is 0 Å². The lowest BCUT2D eigenvalue weighted by Crippen LogP contribution is -2.12. The molecular formula is C26H21F2N3O4. The number of amides is 1. The minimum Gasteiger partial charge on any atom is -0.494 e. The number of anilines is 1. The maximum Gasteiger partial charge on any atom is 0.358 e. The Bertz CT molecular complexity index is 1400. The number of esters is 1. The number of aromatic nitrogens is 2. The maximum absolute atomic E-state index is 14.6. The first-order chi connectivity index (χ1) is 16.9. The zero-order valence-corrected chi connectivity index (χ0v) is 18.9. The lowest BCUT2D eigenvalue weighted by molar-refractivity contribution is 0.0518. The zero-order chi connectivity index (χ0) is 24.9. The Morgan fingerprint density at radius 3 is 2.49 bits per heavy atom. The van der Waals surface area contributed by atoms with Crippen LogP contribution >= 0.6 is 0 Å². The summed E-state index contributed by atoms with van der Waals surface area (Å²) >= 11 is 0. The molecule has 0 saturated carbocycles. The fraction of sp³-hybridized carbons (Fsp3) is 0.115. The molecule has 0 fully saturated rings. The monoisotopic (exact) mass is 477 g/mol. The van der Waals surface area contributed by atoms with Gasteiger partial charge in [-0.2, -0.15) is 5.10 Å². The van der Waals surface area contributed by atoms with E-state index in [1.165, 1.54) is 42.1 Å². The van der Waals surface area contributed by atoms with E-state index in [4.69, 9.17) is 9.47 Å². The summed E-state index contributed by atoms with van der Waals surface area (Å²) in [5.74, 6) is -2.33. The van der Waals surface area contributed by atoms with Crippen molar-refractivity contribution >= 4 is 17.6 Å². The predicted octanol–water partition coefficient (Wildman–Crippen LogP) is 5.26. The molecule has 0 radical (unpaired) electrons. The molecule has 3 aromatic carbocycles. The van der Waals surface area contributed by atoms with Crippen molar-refractivity contribution in [1.82, 2.24) is 9.78 Å². The van der Waals surface area contributed by atoms with E-state index in [-0.39, 0.29) is 29.3 Å². The number of rotatable bonds is 7. The summed E-state index contributed by atoms with van der Waals surface area (Å²) in [4.78, 5) is 25.0. The fourth-order valence-electron chi connectivity index (χ4n) is 3.47. The SMILES string of the molecule is CCOC(=O)c1cc(-c2cccc(NC(=O)c3ccc(OC)c(F)c3)c2)n(-c2ccccc2F)n1. The zero-order valence-electron chi connectivity index (χ0n) is 18.9. The summed E-state index contributed by atoms with van der Waals surface area (Å²) in [6.45, 7) is 1.84.